The van der Waals surface area contributed by atoms with Crippen LogP contribution in [-0.2, 0) is 13.2 Å². The van der Waals surface area contributed by atoms with Crippen molar-refractivity contribution >= 4 is 12.6 Å². The summed E-state index contributed by atoms with van der Waals surface area (Å²) in [5, 5.41) is 0. The Hall–Kier alpha value is -4.18. The predicted octanol–water partition coefficient (Wildman–Crippen LogP) is 6.14. The van der Waals surface area contributed by atoms with Crippen LogP contribution < -0.4 is 9.47 Å². The summed E-state index contributed by atoms with van der Waals surface area (Å²) in [6, 6.07) is 30.4. The van der Waals surface area contributed by atoms with E-state index in [0.29, 0.717) is 35.8 Å². The van der Waals surface area contributed by atoms with Crippen LogP contribution in [0.15, 0.2) is 97.1 Å². The minimum absolute atomic E-state index is 0.379. The molecule has 0 amide bonds. The molecule has 0 saturated heterocycles. The molecule has 4 aromatic rings. The molecule has 0 aliphatic carbocycles. The van der Waals surface area contributed by atoms with Crippen molar-refractivity contribution in [1.82, 2.24) is 0 Å². The Labute approximate surface area is 187 Å². The van der Waals surface area contributed by atoms with E-state index in [9.17, 15) is 9.59 Å². The number of ether oxygens (including phenoxy) is 2. The lowest BCUT2D eigenvalue weighted by Gasteiger charge is -2.12. The quantitative estimate of drug-likeness (QED) is 0.304. The highest BCUT2D eigenvalue weighted by atomic mass is 16.5. The summed E-state index contributed by atoms with van der Waals surface area (Å²) in [7, 11) is 0. The zero-order valence-electron chi connectivity index (χ0n) is 17.4. The standard InChI is InChI=1S/C28H22O4/c29-17-25-15-23(11-13-27(25)31-19-21-7-3-1-4-8-21)24-12-14-28(26(16-24)18-30)32-20-22-9-5-2-6-10-22/h1-18H,19-20H2. The van der Waals surface area contributed by atoms with Crippen LogP contribution in [-0.4, -0.2) is 12.6 Å². The Balaban J connectivity index is 1.52. The molecular weight excluding hydrogens is 400 g/mol. The lowest BCUT2D eigenvalue weighted by Crippen LogP contribution is -1.99. The van der Waals surface area contributed by atoms with Gasteiger partial charge in [-0.05, 0) is 46.5 Å². The number of rotatable bonds is 9. The summed E-state index contributed by atoms with van der Waals surface area (Å²) in [5.41, 5.74) is 4.59. The van der Waals surface area contributed by atoms with Crippen molar-refractivity contribution in [2.45, 2.75) is 13.2 Å². The maximum Gasteiger partial charge on any atom is 0.153 e. The Morgan fingerprint density at radius 2 is 0.938 bits per heavy atom. The number of benzene rings is 4. The van der Waals surface area contributed by atoms with E-state index in [1.165, 1.54) is 0 Å². The maximum atomic E-state index is 11.7. The van der Waals surface area contributed by atoms with Crippen LogP contribution in [0.1, 0.15) is 31.8 Å². The van der Waals surface area contributed by atoms with E-state index < -0.39 is 0 Å². The fraction of sp³-hybridized carbons (Fsp3) is 0.0714. The second-order valence-electron chi connectivity index (χ2n) is 7.29. The number of hydrogen-bond donors (Lipinski definition) is 0. The van der Waals surface area contributed by atoms with Crippen LogP contribution in [0, 0.1) is 0 Å². The molecule has 4 heteroatoms. The van der Waals surface area contributed by atoms with Crippen molar-refractivity contribution in [2.75, 3.05) is 0 Å². The van der Waals surface area contributed by atoms with Gasteiger partial charge in [-0.15, -0.1) is 0 Å². The molecule has 0 heterocycles. The molecule has 0 aromatic heterocycles. The minimum atomic E-state index is 0.379. The highest BCUT2D eigenvalue weighted by Crippen LogP contribution is 2.30. The summed E-state index contributed by atoms with van der Waals surface area (Å²) < 4.78 is 11.7. The summed E-state index contributed by atoms with van der Waals surface area (Å²) in [5.74, 6) is 1.04. The first-order chi connectivity index (χ1) is 15.8. The molecule has 0 aliphatic rings. The van der Waals surface area contributed by atoms with Gasteiger partial charge < -0.3 is 9.47 Å². The average molecular weight is 422 g/mol. The molecular formula is C28H22O4. The molecule has 0 aliphatic heterocycles. The van der Waals surface area contributed by atoms with E-state index in [-0.39, 0.29) is 0 Å². The Bertz CT molecular complexity index is 1100. The fourth-order valence-electron chi connectivity index (χ4n) is 3.37. The maximum absolute atomic E-state index is 11.7. The molecule has 0 unspecified atom stereocenters. The van der Waals surface area contributed by atoms with Crippen LogP contribution in [0.25, 0.3) is 11.1 Å². The summed E-state index contributed by atoms with van der Waals surface area (Å²) in [6.45, 7) is 0.757. The Kier molecular flexibility index (Phi) is 6.73. The van der Waals surface area contributed by atoms with E-state index in [0.717, 1.165) is 34.8 Å². The molecule has 0 atom stereocenters. The summed E-state index contributed by atoms with van der Waals surface area (Å²) >= 11 is 0. The Morgan fingerprint density at radius 3 is 1.31 bits per heavy atom. The summed E-state index contributed by atoms with van der Waals surface area (Å²) in [4.78, 5) is 23.3. The van der Waals surface area contributed by atoms with Crippen molar-refractivity contribution in [3.8, 4) is 22.6 Å². The molecule has 32 heavy (non-hydrogen) atoms. The number of carbonyl (C=O) groups is 2. The van der Waals surface area contributed by atoms with Gasteiger partial charge in [-0.2, -0.15) is 0 Å². The average Bonchev–Trinajstić information content (AvgIpc) is 2.87. The van der Waals surface area contributed by atoms with Crippen molar-refractivity contribution in [1.29, 1.82) is 0 Å². The molecule has 0 bridgehead atoms. The van der Waals surface area contributed by atoms with Crippen LogP contribution in [0.2, 0.25) is 0 Å². The van der Waals surface area contributed by atoms with E-state index in [2.05, 4.69) is 0 Å². The third-order valence-corrected chi connectivity index (χ3v) is 5.08. The second kappa shape index (κ2) is 10.2. The van der Waals surface area contributed by atoms with Gasteiger partial charge in [-0.25, -0.2) is 0 Å². The third kappa shape index (κ3) is 5.10. The number of aldehydes is 2. The zero-order valence-corrected chi connectivity index (χ0v) is 17.4. The SMILES string of the molecule is O=Cc1cc(-c2ccc(OCc3ccccc3)c(C=O)c2)ccc1OCc1ccccc1. The van der Waals surface area contributed by atoms with Crippen molar-refractivity contribution < 1.29 is 19.1 Å². The van der Waals surface area contributed by atoms with Crippen LogP contribution in [0.3, 0.4) is 0 Å². The van der Waals surface area contributed by atoms with E-state index in [4.69, 9.17) is 9.47 Å². The molecule has 0 fully saturated rings. The van der Waals surface area contributed by atoms with Crippen molar-refractivity contribution in [2.24, 2.45) is 0 Å². The second-order valence-corrected chi connectivity index (χ2v) is 7.29. The monoisotopic (exact) mass is 422 g/mol. The van der Waals surface area contributed by atoms with Gasteiger partial charge in [0.25, 0.3) is 0 Å². The van der Waals surface area contributed by atoms with Gasteiger partial charge in [-0.1, -0.05) is 72.8 Å². The van der Waals surface area contributed by atoms with Crippen LogP contribution >= 0.6 is 0 Å². The highest BCUT2D eigenvalue weighted by molar-refractivity contribution is 5.86. The molecule has 0 spiro atoms. The van der Waals surface area contributed by atoms with Gasteiger partial charge >= 0.3 is 0 Å². The normalized spacial score (nSPS) is 10.4. The van der Waals surface area contributed by atoms with E-state index in [1.807, 2.05) is 72.8 Å². The van der Waals surface area contributed by atoms with Gasteiger partial charge in [0, 0.05) is 0 Å². The lowest BCUT2D eigenvalue weighted by atomic mass is 10.0. The first kappa shape index (κ1) is 21.1. The van der Waals surface area contributed by atoms with E-state index >= 15 is 0 Å². The predicted molar refractivity (Wildman–Crippen MR) is 124 cm³/mol. The first-order valence-corrected chi connectivity index (χ1v) is 10.3. The largest absolute Gasteiger partial charge is 0.488 e. The molecule has 4 nitrogen and oxygen atoms in total. The van der Waals surface area contributed by atoms with Gasteiger partial charge in [0.1, 0.15) is 24.7 Å². The fourth-order valence-corrected chi connectivity index (χ4v) is 3.37. The number of hydrogen-bond acceptors (Lipinski definition) is 4. The Morgan fingerprint density at radius 1 is 0.531 bits per heavy atom. The van der Waals surface area contributed by atoms with Gasteiger partial charge in [-0.3, -0.25) is 9.59 Å². The zero-order chi connectivity index (χ0) is 22.2. The third-order valence-electron chi connectivity index (χ3n) is 5.08. The highest BCUT2D eigenvalue weighted by Gasteiger charge is 2.10. The van der Waals surface area contributed by atoms with Crippen molar-refractivity contribution in [3.63, 3.8) is 0 Å². The van der Waals surface area contributed by atoms with Crippen LogP contribution in [0.4, 0.5) is 0 Å². The molecule has 4 rings (SSSR count). The van der Waals surface area contributed by atoms with E-state index in [1.54, 1.807) is 24.3 Å². The summed E-state index contributed by atoms with van der Waals surface area (Å²) in [6.07, 6.45) is 1.56. The smallest absolute Gasteiger partial charge is 0.153 e. The van der Waals surface area contributed by atoms with Crippen molar-refractivity contribution in [3.05, 3.63) is 119 Å². The molecule has 4 aromatic carbocycles. The molecule has 0 radical (unpaired) electrons. The van der Waals surface area contributed by atoms with Crippen LogP contribution in [0.5, 0.6) is 11.5 Å². The lowest BCUT2D eigenvalue weighted by molar-refractivity contribution is 0.111. The first-order valence-electron chi connectivity index (χ1n) is 10.3. The molecule has 0 saturated carbocycles. The van der Waals surface area contributed by atoms with Gasteiger partial charge in [0.05, 0.1) is 11.1 Å². The van der Waals surface area contributed by atoms with Gasteiger partial charge in [0.2, 0.25) is 0 Å². The minimum Gasteiger partial charge on any atom is -0.488 e. The molecule has 0 N–H and O–H groups in total. The number of carbonyl (C=O) groups excluding carboxylic acids is 2. The van der Waals surface area contributed by atoms with Gasteiger partial charge in [0.15, 0.2) is 12.6 Å². The molecule has 158 valence electrons. The topological polar surface area (TPSA) is 52.6 Å².